The van der Waals surface area contributed by atoms with E-state index >= 15 is 0 Å². The molecule has 0 aromatic heterocycles. The van der Waals surface area contributed by atoms with Crippen molar-refractivity contribution in [3.63, 3.8) is 0 Å². The molecule has 0 bridgehead atoms. The summed E-state index contributed by atoms with van der Waals surface area (Å²) >= 11 is 2.70. The molecule has 8 heteroatoms. The molecule has 1 unspecified atom stereocenters. The van der Waals surface area contributed by atoms with E-state index in [2.05, 4.69) is 21.0 Å². The van der Waals surface area contributed by atoms with E-state index in [0.717, 1.165) is 0 Å². The monoisotopic (exact) mass is 361 g/mol. The van der Waals surface area contributed by atoms with Crippen LogP contribution in [0.15, 0.2) is 35.3 Å². The predicted octanol–water partition coefficient (Wildman–Crippen LogP) is -2.21. The maximum atomic E-state index is 10.3. The van der Waals surface area contributed by atoms with Crippen LogP contribution in [0.4, 0.5) is 5.69 Å². The molecule has 1 aliphatic rings. The van der Waals surface area contributed by atoms with E-state index in [0.29, 0.717) is 10.4 Å². The molecule has 1 aromatic rings. The number of aliphatic hydroxyl groups is 5. The summed E-state index contributed by atoms with van der Waals surface area (Å²) in [5.74, 6) is 0. The van der Waals surface area contributed by atoms with Gasteiger partial charge >= 0.3 is 129 Å². The number of hydrogen-bond donors (Lipinski definition) is 5. The number of aliphatic imine (C=N–C) groups is 1. The molecule has 0 amide bonds. The number of benzene rings is 1. The van der Waals surface area contributed by atoms with Crippen LogP contribution in [-0.4, -0.2) is 83.5 Å². The van der Waals surface area contributed by atoms with Crippen LogP contribution in [0.1, 0.15) is 0 Å². The zero-order valence-corrected chi connectivity index (χ0v) is 12.7. The predicted molar refractivity (Wildman–Crippen MR) is 77.0 cm³/mol. The van der Waals surface area contributed by atoms with Crippen molar-refractivity contribution >= 4 is 26.4 Å². The normalized spacial score (nSPS) is 26.3. The number of anilines is 1. The van der Waals surface area contributed by atoms with Gasteiger partial charge in [0, 0.05) is 0 Å². The zero-order chi connectivity index (χ0) is 15.6. The van der Waals surface area contributed by atoms with Crippen molar-refractivity contribution < 1.29 is 25.5 Å². The van der Waals surface area contributed by atoms with E-state index in [9.17, 15) is 20.4 Å². The van der Waals surface area contributed by atoms with Gasteiger partial charge in [0.05, 0.1) is 0 Å². The standard InChI is InChI=1S/C13H17N2O5Se/c16-6-8(17)10(18)11(19)9-12(20)15(13(21)14-9)7-4-2-1-3-5-7/h1-5,8-12,16-20H,6H2/t8-,9-,10-,11-,12?/m1/s1. The van der Waals surface area contributed by atoms with Crippen LogP contribution in [0.2, 0.25) is 0 Å². The molecule has 1 aromatic carbocycles. The van der Waals surface area contributed by atoms with Gasteiger partial charge in [0.25, 0.3) is 0 Å². The number of rotatable bonds is 5. The van der Waals surface area contributed by atoms with Crippen LogP contribution in [0.25, 0.3) is 0 Å². The second-order valence-corrected chi connectivity index (χ2v) is 5.52. The number of amidine groups is 1. The molecule has 0 saturated carbocycles. The summed E-state index contributed by atoms with van der Waals surface area (Å²) in [6.45, 7) is -0.696. The van der Waals surface area contributed by atoms with E-state index in [1.807, 2.05) is 6.07 Å². The van der Waals surface area contributed by atoms with Crippen molar-refractivity contribution in [2.24, 2.45) is 4.99 Å². The van der Waals surface area contributed by atoms with E-state index in [1.54, 1.807) is 24.3 Å². The van der Waals surface area contributed by atoms with E-state index in [4.69, 9.17) is 5.11 Å². The molecule has 21 heavy (non-hydrogen) atoms. The Hall–Kier alpha value is -0.991. The molecule has 1 aliphatic heterocycles. The first-order valence-electron chi connectivity index (χ1n) is 6.39. The average molecular weight is 360 g/mol. The molecule has 115 valence electrons. The van der Waals surface area contributed by atoms with Gasteiger partial charge in [0.1, 0.15) is 0 Å². The Morgan fingerprint density at radius 3 is 2.38 bits per heavy atom. The molecular formula is C13H17N2O5Se. The van der Waals surface area contributed by atoms with Gasteiger partial charge in [-0.1, -0.05) is 0 Å². The van der Waals surface area contributed by atoms with Gasteiger partial charge in [-0.15, -0.1) is 0 Å². The van der Waals surface area contributed by atoms with E-state index in [1.165, 1.54) is 4.90 Å². The molecule has 0 saturated heterocycles. The fourth-order valence-corrected chi connectivity index (χ4v) is 2.87. The van der Waals surface area contributed by atoms with Gasteiger partial charge < -0.3 is 0 Å². The Morgan fingerprint density at radius 2 is 1.81 bits per heavy atom. The molecule has 1 radical (unpaired) electrons. The summed E-state index contributed by atoms with van der Waals surface area (Å²) in [4.78, 5) is 5.58. The van der Waals surface area contributed by atoms with Crippen LogP contribution in [0, 0.1) is 0 Å². The summed E-state index contributed by atoms with van der Waals surface area (Å²) in [7, 11) is 0. The zero-order valence-electron chi connectivity index (χ0n) is 11.0. The Bertz CT molecular complexity index is 501. The van der Waals surface area contributed by atoms with E-state index < -0.39 is 37.2 Å². The number of nitrogens with zero attached hydrogens (tertiary/aromatic N) is 2. The molecule has 5 N–H and O–H groups in total. The topological polar surface area (TPSA) is 117 Å². The van der Waals surface area contributed by atoms with Crippen LogP contribution >= 0.6 is 0 Å². The Balaban J connectivity index is 2.18. The van der Waals surface area contributed by atoms with Gasteiger partial charge in [0.2, 0.25) is 0 Å². The first-order valence-corrected chi connectivity index (χ1v) is 7.25. The van der Waals surface area contributed by atoms with Crippen molar-refractivity contribution in [1.29, 1.82) is 0 Å². The van der Waals surface area contributed by atoms with Crippen LogP contribution in [0.5, 0.6) is 0 Å². The third-order valence-electron chi connectivity index (χ3n) is 3.35. The van der Waals surface area contributed by atoms with Crippen molar-refractivity contribution in [2.75, 3.05) is 11.5 Å². The fourth-order valence-electron chi connectivity index (χ4n) is 2.16. The second-order valence-electron chi connectivity index (χ2n) is 4.75. The molecule has 0 spiro atoms. The van der Waals surface area contributed by atoms with Crippen LogP contribution in [-0.2, 0) is 0 Å². The van der Waals surface area contributed by atoms with Gasteiger partial charge in [-0.3, -0.25) is 0 Å². The summed E-state index contributed by atoms with van der Waals surface area (Å²) < 4.78 is 0.364. The fraction of sp³-hybridized carbons (Fsp3) is 0.462. The Labute approximate surface area is 130 Å². The van der Waals surface area contributed by atoms with Gasteiger partial charge in [-0.2, -0.15) is 0 Å². The van der Waals surface area contributed by atoms with Crippen LogP contribution in [0.3, 0.4) is 0 Å². The van der Waals surface area contributed by atoms with Crippen molar-refractivity contribution in [2.45, 2.75) is 30.6 Å². The molecule has 7 nitrogen and oxygen atoms in total. The summed E-state index contributed by atoms with van der Waals surface area (Å²) in [5.41, 5.74) is 0.675. The minimum absolute atomic E-state index is 0.364. The number of aliphatic hydroxyl groups excluding tert-OH is 5. The Kier molecular flexibility index (Phi) is 5.34. The van der Waals surface area contributed by atoms with Crippen LogP contribution < -0.4 is 4.90 Å². The number of para-hydroxylation sites is 1. The van der Waals surface area contributed by atoms with Gasteiger partial charge in [-0.05, 0) is 0 Å². The average Bonchev–Trinajstić information content (AvgIpc) is 2.80. The first kappa shape index (κ1) is 16.4. The molecule has 0 aliphatic carbocycles. The molecule has 5 atom stereocenters. The number of hydrogen-bond acceptors (Lipinski definition) is 7. The van der Waals surface area contributed by atoms with Gasteiger partial charge in [0.15, 0.2) is 0 Å². The Morgan fingerprint density at radius 1 is 1.19 bits per heavy atom. The molecule has 0 fully saturated rings. The SMILES string of the molecule is OC[C@@H](O)[C@@H](O)[C@H](O)[C@H]1N=C([Se])N(c2ccccc2)C1O. The summed E-state index contributed by atoms with van der Waals surface area (Å²) in [6, 6.07) is 7.91. The van der Waals surface area contributed by atoms with Gasteiger partial charge in [-0.25, -0.2) is 0 Å². The first-order chi connectivity index (χ1) is 9.97. The third-order valence-corrected chi connectivity index (χ3v) is 3.98. The second kappa shape index (κ2) is 6.85. The minimum atomic E-state index is -1.61. The van der Waals surface area contributed by atoms with E-state index in [-0.39, 0.29) is 0 Å². The summed E-state index contributed by atoms with van der Waals surface area (Å²) in [5, 5.41) is 48.3. The quantitative estimate of drug-likeness (QED) is 0.381. The van der Waals surface area contributed by atoms with Crippen molar-refractivity contribution in [1.82, 2.24) is 0 Å². The molecule has 1 heterocycles. The van der Waals surface area contributed by atoms with Crippen molar-refractivity contribution in [3.8, 4) is 0 Å². The van der Waals surface area contributed by atoms with Crippen molar-refractivity contribution in [3.05, 3.63) is 30.3 Å². The molecular weight excluding hydrogens is 343 g/mol. The summed E-state index contributed by atoms with van der Waals surface area (Å²) in [6.07, 6.45) is -5.82. The third kappa shape index (κ3) is 3.27. The maximum absolute atomic E-state index is 10.3. The molecule has 2 rings (SSSR count).